The fraction of sp³-hybridized carbons (Fsp3) is 0.489. The van der Waals surface area contributed by atoms with Crippen molar-refractivity contribution in [2.24, 2.45) is 21.6 Å². The Bertz CT molecular complexity index is 1970. The molecule has 4 amide bonds. The number of aromatic amines is 1. The van der Waals surface area contributed by atoms with Crippen molar-refractivity contribution in [2.75, 3.05) is 31.6 Å². The van der Waals surface area contributed by atoms with Crippen molar-refractivity contribution >= 4 is 35.0 Å². The summed E-state index contributed by atoms with van der Waals surface area (Å²) < 4.78 is 19.6. The fourth-order valence-electron chi connectivity index (χ4n) is 7.58. The topological polar surface area (TPSA) is 162 Å². The number of aliphatic imine (C=N–C) groups is 1. The Labute approximate surface area is 341 Å². The molecular formula is C45H60FN7O5. The maximum absolute atomic E-state index is 13.7. The van der Waals surface area contributed by atoms with Crippen LogP contribution in [0, 0.1) is 16.6 Å². The number of amides is 4. The lowest BCUT2D eigenvalue weighted by Gasteiger charge is -2.41. The number of nitrogens with zero attached hydrogens (tertiary/aromatic N) is 3. The molecule has 58 heavy (non-hydrogen) atoms. The van der Waals surface area contributed by atoms with Gasteiger partial charge in [0.2, 0.25) is 11.8 Å². The standard InChI is InChI=1S/C45H60FN7O5/c1-30-14-13-24-53(30)43(57)40(44(2,3)4)51-37(54)18-9-7-8-10-25-58-34-16-11-15-33(26-34)50-41(55)38(47)35-28-52(42(56)36-17-12-23-48-36)29-45(5,6)39(35)49-27-31-19-21-32(46)22-20-31/h11-12,15-17,19-23,26,30,40,48H,7-10,13-14,18,24-25,27-29,47H2,1-6H3,(H,50,55)(H,51,54)/b38-35-,49-39?. The van der Waals surface area contributed by atoms with E-state index < -0.39 is 17.4 Å². The predicted octanol–water partition coefficient (Wildman–Crippen LogP) is 7.00. The maximum atomic E-state index is 13.7. The van der Waals surface area contributed by atoms with Crippen LogP contribution < -0.4 is 21.1 Å². The van der Waals surface area contributed by atoms with Gasteiger partial charge in [-0.3, -0.25) is 24.2 Å². The number of carbonyl (C=O) groups excluding carboxylic acids is 4. The van der Waals surface area contributed by atoms with E-state index in [0.29, 0.717) is 54.4 Å². The summed E-state index contributed by atoms with van der Waals surface area (Å²) in [4.78, 5) is 64.7. The van der Waals surface area contributed by atoms with Crippen molar-refractivity contribution < 1.29 is 28.3 Å². The van der Waals surface area contributed by atoms with Crippen molar-refractivity contribution in [1.29, 1.82) is 0 Å². The van der Waals surface area contributed by atoms with Crippen LogP contribution in [-0.2, 0) is 20.9 Å². The van der Waals surface area contributed by atoms with E-state index in [1.54, 1.807) is 53.6 Å². The van der Waals surface area contributed by atoms with Gasteiger partial charge in [-0.1, -0.05) is 65.7 Å². The highest BCUT2D eigenvalue weighted by molar-refractivity contribution is 6.14. The normalized spacial score (nSPS) is 18.8. The Morgan fingerprint density at radius 2 is 1.78 bits per heavy atom. The van der Waals surface area contributed by atoms with Crippen LogP contribution in [0.4, 0.5) is 10.1 Å². The zero-order valence-electron chi connectivity index (χ0n) is 34.8. The van der Waals surface area contributed by atoms with Gasteiger partial charge in [0.15, 0.2) is 0 Å². The molecule has 0 bridgehead atoms. The van der Waals surface area contributed by atoms with Gasteiger partial charge in [0, 0.05) is 60.2 Å². The molecule has 12 nitrogen and oxygen atoms in total. The van der Waals surface area contributed by atoms with E-state index in [1.807, 2.05) is 45.6 Å². The van der Waals surface area contributed by atoms with Crippen molar-refractivity contribution in [3.63, 3.8) is 0 Å². The number of unbranched alkanes of at least 4 members (excludes halogenated alkanes) is 3. The van der Waals surface area contributed by atoms with E-state index in [4.69, 9.17) is 15.5 Å². The number of anilines is 1. The summed E-state index contributed by atoms with van der Waals surface area (Å²) in [5.41, 5.74) is 8.27. The van der Waals surface area contributed by atoms with Crippen LogP contribution in [0.1, 0.15) is 103 Å². The van der Waals surface area contributed by atoms with E-state index in [2.05, 4.69) is 22.5 Å². The summed E-state index contributed by atoms with van der Waals surface area (Å²) in [6.45, 7) is 13.8. The first-order chi connectivity index (χ1) is 27.5. The molecule has 0 saturated carbocycles. The third-order valence-corrected chi connectivity index (χ3v) is 10.8. The van der Waals surface area contributed by atoms with E-state index >= 15 is 0 Å². The zero-order valence-corrected chi connectivity index (χ0v) is 34.8. The van der Waals surface area contributed by atoms with Crippen LogP contribution in [0.3, 0.4) is 0 Å². The second kappa shape index (κ2) is 19.3. The number of piperidine rings is 1. The number of likely N-dealkylation sites (tertiary alicyclic amines) is 2. The molecule has 2 aliphatic rings. The summed E-state index contributed by atoms with van der Waals surface area (Å²) >= 11 is 0. The molecule has 2 aromatic carbocycles. The Balaban J connectivity index is 1.15. The molecule has 2 unspecified atom stereocenters. The summed E-state index contributed by atoms with van der Waals surface area (Å²) in [6, 6.07) is 16.2. The van der Waals surface area contributed by atoms with Crippen LogP contribution in [0.5, 0.6) is 5.75 Å². The number of rotatable bonds is 15. The van der Waals surface area contributed by atoms with Crippen LogP contribution in [0.15, 0.2) is 83.1 Å². The Hall–Kier alpha value is -5.46. The van der Waals surface area contributed by atoms with Crippen molar-refractivity contribution in [2.45, 2.75) is 105 Å². The molecule has 0 spiro atoms. The number of H-pyrrole nitrogens is 1. The van der Waals surface area contributed by atoms with E-state index in [-0.39, 0.29) is 53.8 Å². The first-order valence-corrected chi connectivity index (χ1v) is 20.4. The molecule has 0 aliphatic carbocycles. The van der Waals surface area contributed by atoms with Gasteiger partial charge in [-0.15, -0.1) is 0 Å². The molecule has 2 fully saturated rings. The highest BCUT2D eigenvalue weighted by Gasteiger charge is 2.40. The van der Waals surface area contributed by atoms with Gasteiger partial charge in [-0.25, -0.2) is 4.39 Å². The average molecular weight is 798 g/mol. The lowest BCUT2D eigenvalue weighted by molar-refractivity contribution is -0.140. The number of aromatic nitrogens is 1. The predicted molar refractivity (Wildman–Crippen MR) is 225 cm³/mol. The third-order valence-electron chi connectivity index (χ3n) is 10.8. The maximum Gasteiger partial charge on any atom is 0.271 e. The number of ether oxygens (including phenoxy) is 1. The van der Waals surface area contributed by atoms with Gasteiger partial charge >= 0.3 is 0 Å². The molecule has 3 aromatic rings. The molecule has 1 aromatic heterocycles. The van der Waals surface area contributed by atoms with Gasteiger partial charge < -0.3 is 35.9 Å². The van der Waals surface area contributed by atoms with Crippen molar-refractivity contribution in [1.82, 2.24) is 20.1 Å². The zero-order chi connectivity index (χ0) is 42.0. The number of hydrogen-bond acceptors (Lipinski definition) is 7. The number of nitrogens with one attached hydrogen (secondary N) is 3. The van der Waals surface area contributed by atoms with E-state index in [1.165, 1.54) is 12.1 Å². The van der Waals surface area contributed by atoms with Gasteiger partial charge in [-0.2, -0.15) is 0 Å². The summed E-state index contributed by atoms with van der Waals surface area (Å²) in [5, 5.41) is 5.91. The second-order valence-corrected chi connectivity index (χ2v) is 17.2. The van der Waals surface area contributed by atoms with Crippen molar-refractivity contribution in [3.05, 3.63) is 95.2 Å². The minimum Gasteiger partial charge on any atom is -0.494 e. The smallest absolute Gasteiger partial charge is 0.271 e. The number of hydrogen-bond donors (Lipinski definition) is 4. The number of carbonyl (C=O) groups is 4. The highest BCUT2D eigenvalue weighted by Crippen LogP contribution is 2.33. The fourth-order valence-corrected chi connectivity index (χ4v) is 7.58. The molecule has 5 rings (SSSR count). The van der Waals surface area contributed by atoms with Crippen molar-refractivity contribution in [3.8, 4) is 5.75 Å². The van der Waals surface area contributed by atoms with Gasteiger partial charge in [0.25, 0.3) is 11.8 Å². The number of nitrogens with two attached hydrogens (primary N) is 1. The van der Waals surface area contributed by atoms with Crippen LogP contribution in [-0.4, -0.2) is 82.4 Å². The molecule has 5 N–H and O–H groups in total. The quantitative estimate of drug-likeness (QED) is 0.0957. The van der Waals surface area contributed by atoms with Gasteiger partial charge in [-0.05, 0) is 80.0 Å². The molecule has 0 radical (unpaired) electrons. The Morgan fingerprint density at radius 3 is 2.45 bits per heavy atom. The van der Waals surface area contributed by atoms with Crippen LogP contribution >= 0.6 is 0 Å². The monoisotopic (exact) mass is 797 g/mol. The Kier molecular flexibility index (Phi) is 14.5. The van der Waals surface area contributed by atoms with E-state index in [9.17, 15) is 23.6 Å². The SMILES string of the molecule is CC1CCCN1C(=O)C(NC(=O)CCCCCCOc1cccc(NC(=O)/C(N)=C2\CN(C(=O)c3ccc[nH]3)CC(C)(C)C2=NCc2ccc(F)cc2)c1)C(C)(C)C. The molecule has 13 heteroatoms. The number of benzene rings is 2. The first kappa shape index (κ1) is 43.7. The lowest BCUT2D eigenvalue weighted by Crippen LogP contribution is -2.55. The van der Waals surface area contributed by atoms with Gasteiger partial charge in [0.1, 0.15) is 29.0 Å². The first-order valence-electron chi connectivity index (χ1n) is 20.4. The third kappa shape index (κ3) is 11.6. The molecule has 2 saturated heterocycles. The Morgan fingerprint density at radius 1 is 1.03 bits per heavy atom. The molecule has 2 atom stereocenters. The van der Waals surface area contributed by atoms with Crippen LogP contribution in [0.25, 0.3) is 0 Å². The molecular weight excluding hydrogens is 738 g/mol. The minimum absolute atomic E-state index is 0.00656. The average Bonchev–Trinajstić information content (AvgIpc) is 3.87. The summed E-state index contributed by atoms with van der Waals surface area (Å²) in [7, 11) is 0. The number of halogens is 1. The second-order valence-electron chi connectivity index (χ2n) is 17.2. The highest BCUT2D eigenvalue weighted by atomic mass is 19.1. The van der Waals surface area contributed by atoms with Gasteiger partial charge in [0.05, 0.1) is 19.7 Å². The molecule has 3 heterocycles. The molecule has 312 valence electrons. The minimum atomic E-state index is -0.664. The summed E-state index contributed by atoms with van der Waals surface area (Å²) in [6.07, 6.45) is 7.23. The van der Waals surface area contributed by atoms with E-state index in [0.717, 1.165) is 44.2 Å². The summed E-state index contributed by atoms with van der Waals surface area (Å²) in [5.74, 6) is -0.621. The lowest BCUT2D eigenvalue weighted by atomic mass is 9.78. The molecule has 2 aliphatic heterocycles. The largest absolute Gasteiger partial charge is 0.494 e. The van der Waals surface area contributed by atoms with Crippen LogP contribution in [0.2, 0.25) is 0 Å².